The Hall–Kier alpha value is -1.70. The van der Waals surface area contributed by atoms with Crippen molar-refractivity contribution in [2.24, 2.45) is 0 Å². The van der Waals surface area contributed by atoms with E-state index in [0.717, 1.165) is 25.3 Å². The molecule has 1 atom stereocenters. The monoisotopic (exact) mass is 334 g/mol. The van der Waals surface area contributed by atoms with E-state index >= 15 is 0 Å². The standard InChI is InChI=1S/C16H22N4O2S/c1-2-23(21,22)18-10-16-13-19(11-14-6-4-3-5-7-14)12-15-8-9-17-20(15)16/h3-9,16,18H,2,10-13H2,1H3. The maximum atomic E-state index is 11.7. The van der Waals surface area contributed by atoms with Gasteiger partial charge in [-0.3, -0.25) is 9.58 Å². The Morgan fingerprint density at radius 1 is 1.26 bits per heavy atom. The summed E-state index contributed by atoms with van der Waals surface area (Å²) in [5, 5.41) is 4.36. The topological polar surface area (TPSA) is 67.2 Å². The molecule has 0 amide bonds. The van der Waals surface area contributed by atoms with Gasteiger partial charge in [0.15, 0.2) is 0 Å². The zero-order chi connectivity index (χ0) is 16.3. The third kappa shape index (κ3) is 3.99. The first kappa shape index (κ1) is 16.2. The molecule has 6 nitrogen and oxygen atoms in total. The van der Waals surface area contributed by atoms with Crippen LogP contribution in [0.1, 0.15) is 24.2 Å². The van der Waals surface area contributed by atoms with E-state index in [2.05, 4.69) is 26.9 Å². The largest absolute Gasteiger partial charge is 0.291 e. The summed E-state index contributed by atoms with van der Waals surface area (Å²) in [7, 11) is -3.19. The zero-order valence-electron chi connectivity index (χ0n) is 13.2. The van der Waals surface area contributed by atoms with Crippen molar-refractivity contribution in [3.8, 4) is 0 Å². The molecule has 2 heterocycles. The number of hydrogen-bond donors (Lipinski definition) is 1. The van der Waals surface area contributed by atoms with Crippen LogP contribution in [0.25, 0.3) is 0 Å². The normalized spacial score (nSPS) is 18.7. The van der Waals surface area contributed by atoms with E-state index in [9.17, 15) is 8.42 Å². The summed E-state index contributed by atoms with van der Waals surface area (Å²) in [6.45, 7) is 4.46. The van der Waals surface area contributed by atoms with Crippen molar-refractivity contribution >= 4 is 10.0 Å². The molecule has 1 unspecified atom stereocenters. The molecule has 23 heavy (non-hydrogen) atoms. The fraction of sp³-hybridized carbons (Fsp3) is 0.438. The molecule has 0 saturated carbocycles. The van der Waals surface area contributed by atoms with Crippen LogP contribution in [0.4, 0.5) is 0 Å². The first-order valence-electron chi connectivity index (χ1n) is 7.83. The Kier molecular flexibility index (Phi) is 4.79. The van der Waals surface area contributed by atoms with Crippen molar-refractivity contribution in [1.29, 1.82) is 0 Å². The fourth-order valence-corrected chi connectivity index (χ4v) is 3.55. The first-order chi connectivity index (χ1) is 11.1. The van der Waals surface area contributed by atoms with Crippen LogP contribution in [0.5, 0.6) is 0 Å². The lowest BCUT2D eigenvalue weighted by atomic mass is 10.1. The molecule has 1 aliphatic heterocycles. The third-order valence-corrected chi connectivity index (χ3v) is 5.49. The average Bonchev–Trinajstić information content (AvgIpc) is 3.02. The van der Waals surface area contributed by atoms with E-state index in [1.165, 1.54) is 5.56 Å². The molecule has 124 valence electrons. The van der Waals surface area contributed by atoms with Gasteiger partial charge in [0, 0.05) is 32.4 Å². The molecule has 3 rings (SSSR count). The Labute approximate surface area is 137 Å². The van der Waals surface area contributed by atoms with Crippen LogP contribution in [0.15, 0.2) is 42.6 Å². The van der Waals surface area contributed by atoms with Gasteiger partial charge in [-0.1, -0.05) is 30.3 Å². The van der Waals surface area contributed by atoms with Crippen molar-refractivity contribution in [2.45, 2.75) is 26.1 Å². The van der Waals surface area contributed by atoms with E-state index in [4.69, 9.17) is 0 Å². The van der Waals surface area contributed by atoms with Gasteiger partial charge in [0.1, 0.15) is 0 Å². The minimum absolute atomic E-state index is 0.0128. The smallest absolute Gasteiger partial charge is 0.211 e. The minimum Gasteiger partial charge on any atom is -0.291 e. The molecule has 0 radical (unpaired) electrons. The van der Waals surface area contributed by atoms with E-state index in [1.807, 2.05) is 28.9 Å². The number of nitrogens with one attached hydrogen (secondary N) is 1. The van der Waals surface area contributed by atoms with E-state index < -0.39 is 10.0 Å². The SMILES string of the molecule is CCS(=O)(=O)NCC1CN(Cc2ccccc2)Cc2ccnn21. The van der Waals surface area contributed by atoms with Crippen LogP contribution >= 0.6 is 0 Å². The Balaban J connectivity index is 1.72. The van der Waals surface area contributed by atoms with Gasteiger partial charge < -0.3 is 0 Å². The summed E-state index contributed by atoms with van der Waals surface area (Å²) in [5.74, 6) is 0.0966. The number of benzene rings is 1. The van der Waals surface area contributed by atoms with Crippen LogP contribution < -0.4 is 4.72 Å². The highest BCUT2D eigenvalue weighted by Crippen LogP contribution is 2.21. The maximum Gasteiger partial charge on any atom is 0.211 e. The predicted octanol–water partition coefficient (Wildman–Crippen LogP) is 1.38. The minimum atomic E-state index is -3.19. The first-order valence-corrected chi connectivity index (χ1v) is 9.48. The van der Waals surface area contributed by atoms with Gasteiger partial charge in [-0.2, -0.15) is 5.10 Å². The highest BCUT2D eigenvalue weighted by molar-refractivity contribution is 7.89. The van der Waals surface area contributed by atoms with E-state index in [0.29, 0.717) is 6.54 Å². The summed E-state index contributed by atoms with van der Waals surface area (Å²) >= 11 is 0. The summed E-state index contributed by atoms with van der Waals surface area (Å²) in [6, 6.07) is 12.3. The lowest BCUT2D eigenvalue weighted by Gasteiger charge is -2.34. The average molecular weight is 334 g/mol. The summed E-state index contributed by atoms with van der Waals surface area (Å²) in [6.07, 6.45) is 1.78. The quantitative estimate of drug-likeness (QED) is 0.867. The predicted molar refractivity (Wildman–Crippen MR) is 89.3 cm³/mol. The second-order valence-corrected chi connectivity index (χ2v) is 7.92. The highest BCUT2D eigenvalue weighted by Gasteiger charge is 2.26. The number of fused-ring (bicyclic) bond motifs is 1. The van der Waals surface area contributed by atoms with Gasteiger partial charge in [0.25, 0.3) is 0 Å². The van der Waals surface area contributed by atoms with E-state index in [1.54, 1.807) is 13.1 Å². The summed E-state index contributed by atoms with van der Waals surface area (Å²) in [4.78, 5) is 2.33. The van der Waals surface area contributed by atoms with Crippen LogP contribution in [0.3, 0.4) is 0 Å². The van der Waals surface area contributed by atoms with Crippen LogP contribution in [-0.2, 0) is 23.1 Å². The molecule has 1 aliphatic rings. The zero-order valence-corrected chi connectivity index (χ0v) is 14.0. The Morgan fingerprint density at radius 2 is 2.04 bits per heavy atom. The molecule has 0 aliphatic carbocycles. The van der Waals surface area contributed by atoms with Crippen molar-refractivity contribution in [2.75, 3.05) is 18.8 Å². The number of rotatable bonds is 6. The number of nitrogens with zero attached hydrogens (tertiary/aromatic N) is 3. The second-order valence-electron chi connectivity index (χ2n) is 5.83. The van der Waals surface area contributed by atoms with Crippen LogP contribution in [0.2, 0.25) is 0 Å². The molecule has 1 aromatic heterocycles. The summed E-state index contributed by atoms with van der Waals surface area (Å²) < 4.78 is 28.0. The fourth-order valence-electron chi connectivity index (χ4n) is 2.90. The van der Waals surface area contributed by atoms with Gasteiger partial charge in [-0.15, -0.1) is 0 Å². The van der Waals surface area contributed by atoms with Gasteiger partial charge in [-0.05, 0) is 18.6 Å². The molecule has 0 bridgehead atoms. The third-order valence-electron chi connectivity index (χ3n) is 4.12. The molecule has 1 aromatic carbocycles. The van der Waals surface area contributed by atoms with Gasteiger partial charge in [-0.25, -0.2) is 13.1 Å². The molecular formula is C16H22N4O2S. The molecule has 2 aromatic rings. The summed E-state index contributed by atoms with van der Waals surface area (Å²) in [5.41, 5.74) is 2.38. The second kappa shape index (κ2) is 6.82. The number of sulfonamides is 1. The highest BCUT2D eigenvalue weighted by atomic mass is 32.2. The molecule has 0 fully saturated rings. The van der Waals surface area contributed by atoms with Crippen molar-refractivity contribution in [3.05, 3.63) is 53.9 Å². The van der Waals surface area contributed by atoms with Gasteiger partial charge in [0.2, 0.25) is 10.0 Å². The Bertz CT molecular complexity index is 742. The lowest BCUT2D eigenvalue weighted by molar-refractivity contribution is 0.168. The molecule has 7 heteroatoms. The van der Waals surface area contributed by atoms with Crippen molar-refractivity contribution < 1.29 is 8.42 Å². The van der Waals surface area contributed by atoms with Crippen LogP contribution in [0, 0.1) is 0 Å². The van der Waals surface area contributed by atoms with Gasteiger partial charge in [0.05, 0.1) is 17.5 Å². The van der Waals surface area contributed by atoms with Gasteiger partial charge >= 0.3 is 0 Å². The van der Waals surface area contributed by atoms with E-state index in [-0.39, 0.29) is 11.8 Å². The van der Waals surface area contributed by atoms with Crippen molar-refractivity contribution in [1.82, 2.24) is 19.4 Å². The molecule has 1 N–H and O–H groups in total. The number of hydrogen-bond acceptors (Lipinski definition) is 4. The Morgan fingerprint density at radius 3 is 2.78 bits per heavy atom. The maximum absolute atomic E-state index is 11.7. The van der Waals surface area contributed by atoms with Crippen molar-refractivity contribution in [3.63, 3.8) is 0 Å². The number of aromatic nitrogens is 2. The molecule has 0 spiro atoms. The molecular weight excluding hydrogens is 312 g/mol. The van der Waals surface area contributed by atoms with Crippen LogP contribution in [-0.4, -0.2) is 41.9 Å². The lowest BCUT2D eigenvalue weighted by Crippen LogP contribution is -2.42. The molecule has 0 saturated heterocycles.